The highest BCUT2D eigenvalue weighted by Gasteiger charge is 2.18. The molecule has 0 atom stereocenters. The molecule has 0 saturated carbocycles. The zero-order valence-corrected chi connectivity index (χ0v) is 13.0. The number of carbonyl (C=O) groups is 1. The monoisotopic (exact) mass is 348 g/mol. The molecule has 5 heteroatoms. The normalized spacial score (nSPS) is 12.9. The molecule has 2 aromatic rings. The van der Waals surface area contributed by atoms with Gasteiger partial charge in [-0.3, -0.25) is 4.79 Å². The van der Waals surface area contributed by atoms with Crippen molar-refractivity contribution in [1.82, 2.24) is 0 Å². The van der Waals surface area contributed by atoms with Crippen molar-refractivity contribution >= 4 is 21.7 Å². The standard InChI is InChI=1S/C16H13BrO4/c1-19-11-3-4-13(17)12(9-11)16(18)10-2-5-14-15(8-10)21-7-6-20-14/h2-5,8-9H,6-7H2,1H3. The zero-order chi connectivity index (χ0) is 14.8. The second-order valence-electron chi connectivity index (χ2n) is 4.53. The average Bonchev–Trinajstić information content (AvgIpc) is 2.54. The van der Waals surface area contributed by atoms with Crippen molar-refractivity contribution in [3.05, 3.63) is 52.0 Å². The molecule has 0 fully saturated rings. The molecule has 1 heterocycles. The van der Waals surface area contributed by atoms with Crippen LogP contribution in [-0.2, 0) is 0 Å². The zero-order valence-electron chi connectivity index (χ0n) is 11.4. The fourth-order valence-corrected chi connectivity index (χ4v) is 2.57. The molecule has 0 aromatic heterocycles. The number of benzene rings is 2. The number of hydrogen-bond donors (Lipinski definition) is 0. The van der Waals surface area contributed by atoms with Gasteiger partial charge in [-0.1, -0.05) is 15.9 Å². The number of methoxy groups -OCH3 is 1. The van der Waals surface area contributed by atoms with Crippen LogP contribution in [0, 0.1) is 0 Å². The Balaban J connectivity index is 1.98. The maximum Gasteiger partial charge on any atom is 0.194 e. The Morgan fingerprint density at radius 3 is 2.62 bits per heavy atom. The lowest BCUT2D eigenvalue weighted by molar-refractivity contribution is 0.103. The van der Waals surface area contributed by atoms with Crippen molar-refractivity contribution in [1.29, 1.82) is 0 Å². The van der Waals surface area contributed by atoms with Gasteiger partial charge in [0.25, 0.3) is 0 Å². The lowest BCUT2D eigenvalue weighted by Crippen LogP contribution is -2.16. The van der Waals surface area contributed by atoms with Gasteiger partial charge in [0, 0.05) is 15.6 Å². The van der Waals surface area contributed by atoms with Crippen LogP contribution >= 0.6 is 15.9 Å². The van der Waals surface area contributed by atoms with E-state index < -0.39 is 0 Å². The minimum absolute atomic E-state index is 0.0993. The van der Waals surface area contributed by atoms with Gasteiger partial charge in [0.05, 0.1) is 7.11 Å². The number of halogens is 1. The first-order valence-electron chi connectivity index (χ1n) is 6.47. The summed E-state index contributed by atoms with van der Waals surface area (Å²) >= 11 is 3.40. The minimum atomic E-state index is -0.0993. The van der Waals surface area contributed by atoms with E-state index in [2.05, 4.69) is 15.9 Å². The molecule has 0 aliphatic carbocycles. The number of hydrogen-bond acceptors (Lipinski definition) is 4. The van der Waals surface area contributed by atoms with Crippen molar-refractivity contribution < 1.29 is 19.0 Å². The van der Waals surface area contributed by atoms with E-state index in [0.29, 0.717) is 41.6 Å². The van der Waals surface area contributed by atoms with Crippen molar-refractivity contribution in [3.63, 3.8) is 0 Å². The Kier molecular flexibility index (Phi) is 3.84. The van der Waals surface area contributed by atoms with Crippen LogP contribution in [0.15, 0.2) is 40.9 Å². The van der Waals surface area contributed by atoms with E-state index in [1.165, 1.54) is 0 Å². The van der Waals surface area contributed by atoms with Crippen molar-refractivity contribution in [2.24, 2.45) is 0 Å². The quantitative estimate of drug-likeness (QED) is 0.796. The van der Waals surface area contributed by atoms with Crippen molar-refractivity contribution in [3.8, 4) is 17.2 Å². The lowest BCUT2D eigenvalue weighted by Gasteiger charge is -2.18. The number of rotatable bonds is 3. The number of ether oxygens (including phenoxy) is 3. The first kappa shape index (κ1) is 13.9. The first-order chi connectivity index (χ1) is 10.2. The van der Waals surface area contributed by atoms with Gasteiger partial charge < -0.3 is 14.2 Å². The van der Waals surface area contributed by atoms with Gasteiger partial charge in [-0.2, -0.15) is 0 Å². The summed E-state index contributed by atoms with van der Waals surface area (Å²) in [5.74, 6) is 1.81. The summed E-state index contributed by atoms with van der Waals surface area (Å²) in [6, 6.07) is 10.5. The number of carbonyl (C=O) groups excluding carboxylic acids is 1. The Morgan fingerprint density at radius 2 is 1.86 bits per heavy atom. The van der Waals surface area contributed by atoms with Gasteiger partial charge in [-0.25, -0.2) is 0 Å². The summed E-state index contributed by atoms with van der Waals surface area (Å²) in [4.78, 5) is 12.6. The third-order valence-electron chi connectivity index (χ3n) is 3.22. The third-order valence-corrected chi connectivity index (χ3v) is 3.91. The highest BCUT2D eigenvalue weighted by Crippen LogP contribution is 2.32. The molecule has 0 unspecified atom stereocenters. The molecular formula is C16H13BrO4. The predicted octanol–water partition coefficient (Wildman–Crippen LogP) is 3.46. The summed E-state index contributed by atoms with van der Waals surface area (Å²) in [5, 5.41) is 0. The van der Waals surface area contributed by atoms with Crippen LogP contribution in [0.2, 0.25) is 0 Å². The minimum Gasteiger partial charge on any atom is -0.497 e. The van der Waals surface area contributed by atoms with Gasteiger partial charge in [-0.15, -0.1) is 0 Å². The molecule has 1 aliphatic rings. The third kappa shape index (κ3) is 2.74. The van der Waals surface area contributed by atoms with Gasteiger partial charge in [-0.05, 0) is 36.4 Å². The second-order valence-corrected chi connectivity index (χ2v) is 5.39. The summed E-state index contributed by atoms with van der Waals surface area (Å²) in [7, 11) is 1.57. The molecule has 0 spiro atoms. The van der Waals surface area contributed by atoms with Gasteiger partial charge in [0.2, 0.25) is 0 Å². The highest BCUT2D eigenvalue weighted by atomic mass is 79.9. The van der Waals surface area contributed by atoms with Crippen molar-refractivity contribution in [2.75, 3.05) is 20.3 Å². The molecule has 0 amide bonds. The van der Waals surface area contributed by atoms with Crippen molar-refractivity contribution in [2.45, 2.75) is 0 Å². The highest BCUT2D eigenvalue weighted by molar-refractivity contribution is 9.10. The summed E-state index contributed by atoms with van der Waals surface area (Å²) in [6.07, 6.45) is 0. The topological polar surface area (TPSA) is 44.8 Å². The average molecular weight is 349 g/mol. The fourth-order valence-electron chi connectivity index (χ4n) is 2.15. The molecule has 3 rings (SSSR count). The maximum absolute atomic E-state index is 12.6. The molecule has 0 N–H and O–H groups in total. The van der Waals surface area contributed by atoms with E-state index in [-0.39, 0.29) is 5.78 Å². The largest absolute Gasteiger partial charge is 0.497 e. The van der Waals surface area contributed by atoms with E-state index in [1.54, 1.807) is 43.5 Å². The van der Waals surface area contributed by atoms with E-state index in [0.717, 1.165) is 4.47 Å². The summed E-state index contributed by atoms with van der Waals surface area (Å²) in [5.41, 5.74) is 1.10. The molecule has 0 saturated heterocycles. The van der Waals surface area contributed by atoms with Crippen LogP contribution in [0.4, 0.5) is 0 Å². The maximum atomic E-state index is 12.6. The van der Waals surface area contributed by atoms with Gasteiger partial charge in [0.1, 0.15) is 19.0 Å². The molecule has 2 aromatic carbocycles. The van der Waals surface area contributed by atoms with Crippen LogP contribution < -0.4 is 14.2 Å². The van der Waals surface area contributed by atoms with Crippen LogP contribution in [0.5, 0.6) is 17.2 Å². The lowest BCUT2D eigenvalue weighted by atomic mass is 10.0. The molecule has 0 radical (unpaired) electrons. The Morgan fingerprint density at radius 1 is 1.10 bits per heavy atom. The van der Waals surface area contributed by atoms with Crippen LogP contribution in [-0.4, -0.2) is 26.1 Å². The molecular weight excluding hydrogens is 336 g/mol. The van der Waals surface area contributed by atoms with E-state index in [1.807, 2.05) is 0 Å². The molecule has 21 heavy (non-hydrogen) atoms. The summed E-state index contributed by atoms with van der Waals surface area (Å²) in [6.45, 7) is 1.02. The Bertz CT molecular complexity index is 697. The summed E-state index contributed by atoms with van der Waals surface area (Å²) < 4.78 is 16.9. The molecule has 4 nitrogen and oxygen atoms in total. The van der Waals surface area contributed by atoms with Crippen LogP contribution in [0.3, 0.4) is 0 Å². The van der Waals surface area contributed by atoms with Crippen LogP contribution in [0.25, 0.3) is 0 Å². The number of fused-ring (bicyclic) bond motifs is 1. The number of ketones is 1. The van der Waals surface area contributed by atoms with E-state index in [9.17, 15) is 4.79 Å². The predicted molar refractivity (Wildman–Crippen MR) is 81.6 cm³/mol. The molecule has 1 aliphatic heterocycles. The van der Waals surface area contributed by atoms with E-state index in [4.69, 9.17) is 14.2 Å². The van der Waals surface area contributed by atoms with Gasteiger partial charge >= 0.3 is 0 Å². The van der Waals surface area contributed by atoms with Crippen LogP contribution in [0.1, 0.15) is 15.9 Å². The molecule has 108 valence electrons. The SMILES string of the molecule is COc1ccc(Br)c(C(=O)c2ccc3c(c2)OCCO3)c1. The Labute approximate surface area is 130 Å². The fraction of sp³-hybridized carbons (Fsp3) is 0.188. The second kappa shape index (κ2) is 5.77. The first-order valence-corrected chi connectivity index (χ1v) is 7.26. The van der Waals surface area contributed by atoms with Gasteiger partial charge in [0.15, 0.2) is 17.3 Å². The molecule has 0 bridgehead atoms. The van der Waals surface area contributed by atoms with E-state index >= 15 is 0 Å². The smallest absolute Gasteiger partial charge is 0.194 e. The Hall–Kier alpha value is -2.01.